The molecule has 3 atom stereocenters. The number of likely N-dealkylation sites (N-methyl/N-ethyl adjacent to an activating group) is 1. The standard InChI is InChI=1S/C35H40Cl2N6O6/c1-6-8-29(45)42-13-12-41(3)19-23(42)9-11-43-33-22(16-25(34(43)46)30-31(36)27(47-4)17-28(48-5)32(30)37)18-38-35(40-33)39-26-20-49-14-10-21(26)15-24(44)7-2/h7,16-18,21,23,26H,2,9-15,19-20H2,1,3-5H3,(H,38,39,40). The van der Waals surface area contributed by atoms with Gasteiger partial charge in [0.1, 0.15) is 17.1 Å². The number of carbonyl (C=O) groups excluding carboxylic acids is 2. The van der Waals surface area contributed by atoms with Crippen LogP contribution in [0.15, 0.2) is 35.8 Å². The second-order valence-electron chi connectivity index (χ2n) is 12.1. The van der Waals surface area contributed by atoms with Crippen LogP contribution in [-0.4, -0.2) is 102 Å². The summed E-state index contributed by atoms with van der Waals surface area (Å²) in [7, 11) is 4.93. The van der Waals surface area contributed by atoms with Gasteiger partial charge in [-0.05, 0) is 50.8 Å². The average Bonchev–Trinajstić information content (AvgIpc) is 3.09. The fourth-order valence-electron chi connectivity index (χ4n) is 6.41. The monoisotopic (exact) mass is 710 g/mol. The number of fused-ring (bicyclic) bond motifs is 1. The number of halogens is 2. The molecule has 1 aromatic carbocycles. The molecule has 2 saturated heterocycles. The smallest absolute Gasteiger partial charge is 0.298 e. The van der Waals surface area contributed by atoms with Crippen molar-refractivity contribution >= 4 is 51.9 Å². The lowest BCUT2D eigenvalue weighted by Gasteiger charge is -2.39. The van der Waals surface area contributed by atoms with E-state index in [0.29, 0.717) is 63.1 Å². The normalized spacial score (nSPS) is 19.6. The number of ether oxygens (including phenoxy) is 3. The third-order valence-electron chi connectivity index (χ3n) is 9.04. The number of ketones is 1. The fraction of sp³-hybridized carbons (Fsp3) is 0.457. The van der Waals surface area contributed by atoms with Crippen LogP contribution in [0.1, 0.15) is 26.2 Å². The minimum absolute atomic E-state index is 0.00604. The summed E-state index contributed by atoms with van der Waals surface area (Å²) >= 11 is 13.6. The Morgan fingerprint density at radius 1 is 1.18 bits per heavy atom. The van der Waals surface area contributed by atoms with Gasteiger partial charge in [-0.15, -0.1) is 0 Å². The summed E-state index contributed by atoms with van der Waals surface area (Å²) in [5.41, 5.74) is 0.434. The van der Waals surface area contributed by atoms with E-state index in [1.165, 1.54) is 20.3 Å². The maximum absolute atomic E-state index is 14.6. The molecule has 0 spiro atoms. The van der Waals surface area contributed by atoms with Crippen molar-refractivity contribution in [3.8, 4) is 34.5 Å². The molecule has 1 amide bonds. The summed E-state index contributed by atoms with van der Waals surface area (Å²) in [5.74, 6) is 5.92. The number of anilines is 1. The van der Waals surface area contributed by atoms with Gasteiger partial charge in [0.25, 0.3) is 11.5 Å². The molecule has 5 rings (SSSR count). The maximum atomic E-state index is 14.6. The van der Waals surface area contributed by atoms with Crippen molar-refractivity contribution in [3.05, 3.63) is 51.4 Å². The van der Waals surface area contributed by atoms with Gasteiger partial charge in [0.15, 0.2) is 5.78 Å². The van der Waals surface area contributed by atoms with Crippen molar-refractivity contribution in [2.24, 2.45) is 5.92 Å². The molecule has 3 aromatic rings. The van der Waals surface area contributed by atoms with E-state index in [1.807, 2.05) is 7.05 Å². The van der Waals surface area contributed by atoms with Gasteiger partial charge in [0.2, 0.25) is 5.95 Å². The highest BCUT2D eigenvalue weighted by atomic mass is 35.5. The predicted molar refractivity (Wildman–Crippen MR) is 190 cm³/mol. The van der Waals surface area contributed by atoms with Gasteiger partial charge in [-0.3, -0.25) is 19.0 Å². The van der Waals surface area contributed by atoms with E-state index in [1.54, 1.807) is 34.7 Å². The Balaban J connectivity index is 1.61. The van der Waals surface area contributed by atoms with Gasteiger partial charge in [0, 0.05) is 68.5 Å². The maximum Gasteiger partial charge on any atom is 0.298 e. The van der Waals surface area contributed by atoms with Gasteiger partial charge < -0.3 is 29.3 Å². The van der Waals surface area contributed by atoms with Crippen molar-refractivity contribution < 1.29 is 23.8 Å². The summed E-state index contributed by atoms with van der Waals surface area (Å²) in [6, 6.07) is 2.78. The van der Waals surface area contributed by atoms with Crippen LogP contribution in [0.25, 0.3) is 22.2 Å². The van der Waals surface area contributed by atoms with Crippen LogP contribution >= 0.6 is 23.2 Å². The van der Waals surface area contributed by atoms with Gasteiger partial charge in [-0.2, -0.15) is 4.98 Å². The van der Waals surface area contributed by atoms with E-state index >= 15 is 0 Å². The number of benzene rings is 1. The molecule has 2 aromatic heterocycles. The first kappa shape index (κ1) is 36.1. The summed E-state index contributed by atoms with van der Waals surface area (Å²) in [4.78, 5) is 53.0. The first-order valence-electron chi connectivity index (χ1n) is 16.0. The summed E-state index contributed by atoms with van der Waals surface area (Å²) < 4.78 is 18.2. The molecule has 1 N–H and O–H groups in total. The number of allylic oxidation sites excluding steroid dienone is 1. The number of rotatable bonds is 11. The van der Waals surface area contributed by atoms with Crippen LogP contribution in [0.2, 0.25) is 10.0 Å². The minimum Gasteiger partial charge on any atom is -0.495 e. The average molecular weight is 712 g/mol. The molecule has 2 aliphatic heterocycles. The highest BCUT2D eigenvalue weighted by molar-refractivity contribution is 6.41. The molecule has 2 fully saturated rings. The van der Waals surface area contributed by atoms with Crippen LogP contribution in [0.3, 0.4) is 0 Å². The molecule has 49 heavy (non-hydrogen) atoms. The lowest BCUT2D eigenvalue weighted by atomic mass is 9.90. The number of carbonyl (C=O) groups is 2. The van der Waals surface area contributed by atoms with E-state index in [4.69, 9.17) is 42.4 Å². The second-order valence-corrected chi connectivity index (χ2v) is 12.9. The lowest BCUT2D eigenvalue weighted by molar-refractivity contribution is -0.129. The summed E-state index contributed by atoms with van der Waals surface area (Å²) in [6.45, 7) is 8.22. The number of methoxy groups -OCH3 is 2. The molecule has 260 valence electrons. The topological polar surface area (TPSA) is 128 Å². The first-order chi connectivity index (χ1) is 23.6. The number of hydrogen-bond donors (Lipinski definition) is 1. The predicted octanol–water partition coefficient (Wildman–Crippen LogP) is 4.30. The SMILES string of the molecule is C=CC(=O)CC1CCOCC1Nc1ncc2cc(-c3c(Cl)c(OC)cc(OC)c3Cl)c(=O)n(CCC3CN(C)CCN3C(=O)C#CC)c2n1. The van der Waals surface area contributed by atoms with E-state index in [-0.39, 0.29) is 74.9 Å². The van der Waals surface area contributed by atoms with Gasteiger partial charge in [-0.1, -0.05) is 35.7 Å². The largest absolute Gasteiger partial charge is 0.495 e. The zero-order valence-corrected chi connectivity index (χ0v) is 29.6. The van der Waals surface area contributed by atoms with Crippen LogP contribution in [0.5, 0.6) is 11.5 Å². The van der Waals surface area contributed by atoms with Crippen molar-refractivity contribution in [2.75, 3.05) is 59.4 Å². The van der Waals surface area contributed by atoms with Crippen LogP contribution in [-0.2, 0) is 20.9 Å². The Hall–Kier alpha value is -4.15. The molecule has 0 bridgehead atoms. The number of piperazine rings is 1. The highest BCUT2D eigenvalue weighted by Gasteiger charge is 2.31. The number of aromatic nitrogens is 3. The number of hydrogen-bond acceptors (Lipinski definition) is 10. The molecule has 0 aliphatic carbocycles. The summed E-state index contributed by atoms with van der Waals surface area (Å²) in [5, 5.41) is 4.20. The number of nitrogens with one attached hydrogen (secondary N) is 1. The van der Waals surface area contributed by atoms with E-state index in [2.05, 4.69) is 33.6 Å². The van der Waals surface area contributed by atoms with E-state index in [0.717, 1.165) is 0 Å². The highest BCUT2D eigenvalue weighted by Crippen LogP contribution is 2.45. The molecule has 12 nitrogen and oxygen atoms in total. The second kappa shape index (κ2) is 16.0. The molecule has 0 radical (unpaired) electrons. The lowest BCUT2D eigenvalue weighted by Crippen LogP contribution is -2.54. The Labute approximate surface area is 295 Å². The molecule has 4 heterocycles. The van der Waals surface area contributed by atoms with Gasteiger partial charge >= 0.3 is 0 Å². The van der Waals surface area contributed by atoms with Crippen LogP contribution in [0, 0.1) is 17.8 Å². The van der Waals surface area contributed by atoms with Crippen molar-refractivity contribution in [1.82, 2.24) is 24.3 Å². The Morgan fingerprint density at radius 3 is 2.59 bits per heavy atom. The molecular weight excluding hydrogens is 671 g/mol. The third kappa shape index (κ3) is 7.86. The number of nitrogens with zero attached hydrogens (tertiary/aromatic N) is 5. The number of amides is 1. The Morgan fingerprint density at radius 2 is 1.92 bits per heavy atom. The van der Waals surface area contributed by atoms with Gasteiger partial charge in [-0.25, -0.2) is 4.98 Å². The zero-order valence-electron chi connectivity index (χ0n) is 28.1. The van der Waals surface area contributed by atoms with E-state index in [9.17, 15) is 14.4 Å². The molecule has 0 saturated carbocycles. The minimum atomic E-state index is -0.401. The number of aryl methyl sites for hydroxylation is 1. The van der Waals surface area contributed by atoms with Crippen molar-refractivity contribution in [3.63, 3.8) is 0 Å². The Kier molecular flexibility index (Phi) is 11.8. The Bertz CT molecular complexity index is 1840. The zero-order chi connectivity index (χ0) is 35.2. The van der Waals surface area contributed by atoms with Gasteiger partial charge in [0.05, 0.1) is 42.5 Å². The summed E-state index contributed by atoms with van der Waals surface area (Å²) in [6.07, 6.45) is 4.41. The quantitative estimate of drug-likeness (QED) is 0.227. The third-order valence-corrected chi connectivity index (χ3v) is 9.79. The fourth-order valence-corrected chi connectivity index (χ4v) is 7.12. The van der Waals surface area contributed by atoms with Crippen LogP contribution in [0.4, 0.5) is 5.95 Å². The molecular formula is C35H40Cl2N6O6. The van der Waals surface area contributed by atoms with E-state index < -0.39 is 5.56 Å². The molecule has 14 heteroatoms. The van der Waals surface area contributed by atoms with Crippen molar-refractivity contribution in [2.45, 2.75) is 44.8 Å². The first-order valence-corrected chi connectivity index (χ1v) is 16.8. The number of pyridine rings is 1. The molecule has 2 aliphatic rings. The van der Waals surface area contributed by atoms with Crippen molar-refractivity contribution in [1.29, 1.82) is 0 Å². The van der Waals surface area contributed by atoms with Crippen LogP contribution < -0.4 is 20.3 Å². The molecule has 3 unspecified atom stereocenters.